The lowest BCUT2D eigenvalue weighted by Crippen LogP contribution is -2.47. The highest BCUT2D eigenvalue weighted by molar-refractivity contribution is 6.06. The van der Waals surface area contributed by atoms with Crippen LogP contribution in [0.15, 0.2) is 78.9 Å². The van der Waals surface area contributed by atoms with Gasteiger partial charge in [0.2, 0.25) is 11.8 Å². The van der Waals surface area contributed by atoms with E-state index in [-0.39, 0.29) is 17.7 Å². The number of carbonyl (C=O) groups excluding carboxylic acids is 3. The standard InChI is InChI=1S/C32H37N3O3/c1-4-12-26(30(33)36)27(19-21(2)3)31(37)34-29-25-17-9-8-15-23(25)24-16-10-11-18-28(24)35(32(29)38)20-22-13-6-5-7-14-22/h5-11,13-18,21,26-27,29H,4,12,19-20H2,1-3H3,(H2,33,36)(H,34,37). The van der Waals surface area contributed by atoms with Crippen LogP contribution in [0.4, 0.5) is 5.69 Å². The Hall–Kier alpha value is -3.93. The first-order valence-corrected chi connectivity index (χ1v) is 13.4. The zero-order valence-corrected chi connectivity index (χ0v) is 22.4. The van der Waals surface area contributed by atoms with Gasteiger partial charge in [0.05, 0.1) is 12.2 Å². The van der Waals surface area contributed by atoms with Crippen molar-refractivity contribution < 1.29 is 14.4 Å². The molecule has 0 aromatic heterocycles. The van der Waals surface area contributed by atoms with Crippen LogP contribution in [0.25, 0.3) is 11.1 Å². The molecule has 1 aliphatic rings. The Morgan fingerprint density at radius 2 is 1.53 bits per heavy atom. The van der Waals surface area contributed by atoms with Gasteiger partial charge < -0.3 is 16.0 Å². The molecule has 38 heavy (non-hydrogen) atoms. The Morgan fingerprint density at radius 1 is 0.895 bits per heavy atom. The van der Waals surface area contributed by atoms with E-state index < -0.39 is 23.8 Å². The molecule has 3 aromatic carbocycles. The van der Waals surface area contributed by atoms with E-state index in [1.165, 1.54) is 0 Å². The fourth-order valence-corrected chi connectivity index (χ4v) is 5.47. The number of nitrogens with zero attached hydrogens (tertiary/aromatic N) is 1. The lowest BCUT2D eigenvalue weighted by molar-refractivity contribution is -0.136. The number of anilines is 1. The number of hydrogen-bond acceptors (Lipinski definition) is 3. The Morgan fingerprint density at radius 3 is 2.18 bits per heavy atom. The van der Waals surface area contributed by atoms with E-state index in [0.717, 1.165) is 34.4 Å². The Bertz CT molecular complexity index is 1290. The number of para-hydroxylation sites is 1. The van der Waals surface area contributed by atoms with Gasteiger partial charge in [-0.2, -0.15) is 0 Å². The van der Waals surface area contributed by atoms with Crippen LogP contribution in [0.3, 0.4) is 0 Å². The van der Waals surface area contributed by atoms with Gasteiger partial charge in [-0.3, -0.25) is 14.4 Å². The maximum absolute atomic E-state index is 14.3. The summed E-state index contributed by atoms with van der Waals surface area (Å²) in [4.78, 5) is 42.3. The minimum atomic E-state index is -0.903. The van der Waals surface area contributed by atoms with Crippen LogP contribution in [0.2, 0.25) is 0 Å². The van der Waals surface area contributed by atoms with Crippen molar-refractivity contribution in [2.75, 3.05) is 4.90 Å². The summed E-state index contributed by atoms with van der Waals surface area (Å²) in [6, 6.07) is 24.5. The second-order valence-corrected chi connectivity index (χ2v) is 10.5. The highest BCUT2D eigenvalue weighted by atomic mass is 16.2. The molecule has 0 spiro atoms. The number of rotatable bonds is 10. The zero-order chi connectivity index (χ0) is 27.2. The Balaban J connectivity index is 1.78. The highest BCUT2D eigenvalue weighted by Crippen LogP contribution is 2.41. The third-order valence-corrected chi connectivity index (χ3v) is 7.25. The minimum Gasteiger partial charge on any atom is -0.369 e. The number of fused-ring (bicyclic) bond motifs is 3. The molecule has 3 N–H and O–H groups in total. The predicted octanol–water partition coefficient (Wildman–Crippen LogP) is 5.62. The number of nitrogens with one attached hydrogen (secondary N) is 1. The summed E-state index contributed by atoms with van der Waals surface area (Å²) in [6.45, 7) is 6.39. The molecule has 6 heteroatoms. The van der Waals surface area contributed by atoms with Gasteiger partial charge in [-0.15, -0.1) is 0 Å². The quantitative estimate of drug-likeness (QED) is 0.370. The normalized spacial score (nSPS) is 16.3. The number of carbonyl (C=O) groups is 3. The topological polar surface area (TPSA) is 92.5 Å². The maximum atomic E-state index is 14.3. The molecule has 3 amide bonds. The average molecular weight is 512 g/mol. The van der Waals surface area contributed by atoms with Crippen molar-refractivity contribution >= 4 is 23.4 Å². The van der Waals surface area contributed by atoms with Crippen LogP contribution < -0.4 is 16.0 Å². The average Bonchev–Trinajstić information content (AvgIpc) is 3.00. The van der Waals surface area contributed by atoms with E-state index in [1.54, 1.807) is 4.90 Å². The van der Waals surface area contributed by atoms with Gasteiger partial charge in [-0.1, -0.05) is 100.0 Å². The Labute approximate surface area is 225 Å². The number of primary amides is 1. The van der Waals surface area contributed by atoms with Crippen molar-refractivity contribution in [3.8, 4) is 11.1 Å². The van der Waals surface area contributed by atoms with Crippen LogP contribution in [-0.4, -0.2) is 17.7 Å². The first kappa shape index (κ1) is 27.1. The SMILES string of the molecule is CCCC(C(N)=O)C(CC(C)C)C(=O)NC1C(=O)N(Cc2ccccc2)c2ccccc2-c2ccccc21. The van der Waals surface area contributed by atoms with Gasteiger partial charge in [0.1, 0.15) is 6.04 Å². The molecule has 0 bridgehead atoms. The van der Waals surface area contributed by atoms with E-state index in [1.807, 2.05) is 99.6 Å². The summed E-state index contributed by atoms with van der Waals surface area (Å²) in [5, 5.41) is 3.08. The Kier molecular flexibility index (Phi) is 8.62. The van der Waals surface area contributed by atoms with Crippen LogP contribution in [-0.2, 0) is 20.9 Å². The molecule has 3 atom stereocenters. The molecule has 4 rings (SSSR count). The largest absolute Gasteiger partial charge is 0.369 e. The second kappa shape index (κ2) is 12.1. The predicted molar refractivity (Wildman–Crippen MR) is 151 cm³/mol. The van der Waals surface area contributed by atoms with Crippen molar-refractivity contribution in [2.45, 2.75) is 52.6 Å². The van der Waals surface area contributed by atoms with E-state index in [9.17, 15) is 14.4 Å². The fraction of sp³-hybridized carbons (Fsp3) is 0.344. The summed E-state index contributed by atoms with van der Waals surface area (Å²) in [5.74, 6) is -2.01. The van der Waals surface area contributed by atoms with Crippen LogP contribution in [0.1, 0.15) is 57.2 Å². The third kappa shape index (κ3) is 5.80. The first-order valence-electron chi connectivity index (χ1n) is 13.4. The number of benzene rings is 3. The second-order valence-electron chi connectivity index (χ2n) is 10.5. The summed E-state index contributed by atoms with van der Waals surface area (Å²) >= 11 is 0. The molecular weight excluding hydrogens is 474 g/mol. The molecule has 3 aromatic rings. The minimum absolute atomic E-state index is 0.181. The zero-order valence-electron chi connectivity index (χ0n) is 22.4. The number of nitrogens with two attached hydrogens (primary N) is 1. The monoisotopic (exact) mass is 511 g/mol. The molecule has 0 aliphatic carbocycles. The maximum Gasteiger partial charge on any atom is 0.254 e. The van der Waals surface area contributed by atoms with Gasteiger partial charge >= 0.3 is 0 Å². The van der Waals surface area contributed by atoms with E-state index in [2.05, 4.69) is 5.32 Å². The van der Waals surface area contributed by atoms with Crippen molar-refractivity contribution in [3.05, 3.63) is 90.0 Å². The fourth-order valence-electron chi connectivity index (χ4n) is 5.47. The van der Waals surface area contributed by atoms with Crippen molar-refractivity contribution in [1.29, 1.82) is 0 Å². The van der Waals surface area contributed by atoms with Gasteiger partial charge in [0, 0.05) is 17.4 Å². The van der Waals surface area contributed by atoms with E-state index >= 15 is 0 Å². The summed E-state index contributed by atoms with van der Waals surface area (Å²) in [6.07, 6.45) is 1.78. The molecule has 0 radical (unpaired) electrons. The van der Waals surface area contributed by atoms with E-state index in [0.29, 0.717) is 19.4 Å². The molecular formula is C32H37N3O3. The summed E-state index contributed by atoms with van der Waals surface area (Å²) in [7, 11) is 0. The molecule has 198 valence electrons. The van der Waals surface area contributed by atoms with Crippen molar-refractivity contribution in [2.24, 2.45) is 23.5 Å². The smallest absolute Gasteiger partial charge is 0.254 e. The van der Waals surface area contributed by atoms with Crippen molar-refractivity contribution in [3.63, 3.8) is 0 Å². The summed E-state index contributed by atoms with van der Waals surface area (Å²) < 4.78 is 0. The summed E-state index contributed by atoms with van der Waals surface area (Å²) in [5.41, 5.74) is 10.1. The van der Waals surface area contributed by atoms with Crippen LogP contribution in [0.5, 0.6) is 0 Å². The number of amides is 3. The lowest BCUT2D eigenvalue weighted by atomic mass is 9.81. The molecule has 0 fully saturated rings. The van der Waals surface area contributed by atoms with Crippen LogP contribution in [0, 0.1) is 17.8 Å². The van der Waals surface area contributed by atoms with E-state index in [4.69, 9.17) is 5.73 Å². The van der Waals surface area contributed by atoms with Gasteiger partial charge in [-0.25, -0.2) is 0 Å². The molecule has 1 aliphatic heterocycles. The van der Waals surface area contributed by atoms with Gasteiger partial charge in [-0.05, 0) is 41.5 Å². The first-order chi connectivity index (χ1) is 18.3. The molecule has 1 heterocycles. The molecule has 0 saturated heterocycles. The highest BCUT2D eigenvalue weighted by Gasteiger charge is 2.38. The van der Waals surface area contributed by atoms with Gasteiger partial charge in [0.15, 0.2) is 0 Å². The third-order valence-electron chi connectivity index (χ3n) is 7.25. The molecule has 3 unspecified atom stereocenters. The number of hydrogen-bond donors (Lipinski definition) is 2. The van der Waals surface area contributed by atoms with Gasteiger partial charge in [0.25, 0.3) is 5.91 Å². The molecule has 0 saturated carbocycles. The lowest BCUT2D eigenvalue weighted by Gasteiger charge is -2.30. The van der Waals surface area contributed by atoms with Crippen LogP contribution >= 0.6 is 0 Å². The van der Waals surface area contributed by atoms with Crippen molar-refractivity contribution in [1.82, 2.24) is 5.32 Å². The molecule has 6 nitrogen and oxygen atoms in total.